The van der Waals surface area contributed by atoms with Gasteiger partial charge in [0.15, 0.2) is 0 Å². The number of aryl methyl sites for hydroxylation is 1. The van der Waals surface area contributed by atoms with E-state index >= 15 is 0 Å². The SMILES string of the molecule is Cc1ccc(NC(=O)CCl)cc1N(O)N(C)C. The molecule has 17 heavy (non-hydrogen) atoms. The number of nitrogens with zero attached hydrogens (tertiary/aromatic N) is 2. The van der Waals surface area contributed by atoms with Gasteiger partial charge in [0.05, 0.1) is 5.69 Å². The Labute approximate surface area is 106 Å². The van der Waals surface area contributed by atoms with Crippen LogP contribution in [0, 0.1) is 6.92 Å². The average Bonchev–Trinajstić information content (AvgIpc) is 2.30. The number of halogens is 1. The summed E-state index contributed by atoms with van der Waals surface area (Å²) in [6, 6.07) is 5.25. The minimum absolute atomic E-state index is 0.0975. The zero-order chi connectivity index (χ0) is 13.0. The number of hydrogen-bond acceptors (Lipinski definition) is 4. The topological polar surface area (TPSA) is 55.8 Å². The van der Waals surface area contributed by atoms with Crippen LogP contribution >= 0.6 is 11.6 Å². The molecule has 0 saturated heterocycles. The number of carbonyl (C=O) groups excluding carboxylic acids is 1. The zero-order valence-corrected chi connectivity index (χ0v) is 10.8. The highest BCUT2D eigenvalue weighted by Crippen LogP contribution is 2.23. The Morgan fingerprint density at radius 2 is 2.12 bits per heavy atom. The molecule has 1 aromatic carbocycles. The highest BCUT2D eigenvalue weighted by molar-refractivity contribution is 6.29. The van der Waals surface area contributed by atoms with Gasteiger partial charge in [-0.15, -0.1) is 11.6 Å². The summed E-state index contributed by atoms with van der Waals surface area (Å²) in [5, 5.41) is 15.0. The first-order valence-corrected chi connectivity index (χ1v) is 5.62. The fourth-order valence-corrected chi connectivity index (χ4v) is 1.38. The van der Waals surface area contributed by atoms with Gasteiger partial charge in [-0.05, 0) is 24.6 Å². The quantitative estimate of drug-likeness (QED) is 0.638. The van der Waals surface area contributed by atoms with Crippen molar-refractivity contribution in [2.24, 2.45) is 0 Å². The summed E-state index contributed by atoms with van der Waals surface area (Å²) >= 11 is 5.41. The molecule has 0 aliphatic carbocycles. The second kappa shape index (κ2) is 5.86. The molecule has 0 radical (unpaired) electrons. The molecule has 0 spiro atoms. The van der Waals surface area contributed by atoms with E-state index in [1.54, 1.807) is 26.2 Å². The fourth-order valence-electron chi connectivity index (χ4n) is 1.31. The second-order valence-electron chi connectivity index (χ2n) is 3.82. The van der Waals surface area contributed by atoms with Gasteiger partial charge in [0.1, 0.15) is 5.88 Å². The molecule has 0 aliphatic heterocycles. The Bertz CT molecular complexity index is 410. The van der Waals surface area contributed by atoms with Gasteiger partial charge >= 0.3 is 0 Å². The van der Waals surface area contributed by atoms with Crippen LogP contribution in [0.3, 0.4) is 0 Å². The maximum absolute atomic E-state index is 11.2. The van der Waals surface area contributed by atoms with Crippen LogP contribution in [0.15, 0.2) is 18.2 Å². The van der Waals surface area contributed by atoms with Crippen LogP contribution in [-0.2, 0) is 4.79 Å². The molecular formula is C11H16ClN3O2. The molecule has 2 N–H and O–H groups in total. The molecule has 6 heteroatoms. The van der Waals surface area contributed by atoms with Crippen LogP contribution in [0.25, 0.3) is 0 Å². The van der Waals surface area contributed by atoms with Crippen molar-refractivity contribution < 1.29 is 10.0 Å². The third kappa shape index (κ3) is 3.59. The van der Waals surface area contributed by atoms with Gasteiger partial charge in [0, 0.05) is 19.8 Å². The molecule has 0 saturated carbocycles. The second-order valence-corrected chi connectivity index (χ2v) is 4.09. The molecule has 0 unspecified atom stereocenters. The highest BCUT2D eigenvalue weighted by Gasteiger charge is 2.10. The lowest BCUT2D eigenvalue weighted by Crippen LogP contribution is -2.34. The number of hydrazine groups is 1. The summed E-state index contributed by atoms with van der Waals surface area (Å²) in [6.07, 6.45) is 0. The molecule has 94 valence electrons. The number of rotatable bonds is 4. The number of amides is 1. The van der Waals surface area contributed by atoms with Gasteiger partial charge in [-0.25, -0.2) is 5.01 Å². The predicted octanol–water partition coefficient (Wildman–Crippen LogP) is 1.84. The van der Waals surface area contributed by atoms with E-state index in [0.717, 1.165) is 10.7 Å². The molecule has 1 aromatic rings. The monoisotopic (exact) mass is 257 g/mol. The standard InChI is InChI=1S/C11H16ClN3O2/c1-8-4-5-9(13-11(16)7-12)6-10(8)15(17)14(2)3/h4-6,17H,7H2,1-3H3,(H,13,16). The van der Waals surface area contributed by atoms with Crippen LogP contribution in [-0.4, -0.2) is 36.1 Å². The van der Waals surface area contributed by atoms with E-state index in [-0.39, 0.29) is 11.8 Å². The van der Waals surface area contributed by atoms with E-state index < -0.39 is 0 Å². The normalized spacial score (nSPS) is 10.5. The lowest BCUT2D eigenvalue weighted by Gasteiger charge is -2.25. The number of anilines is 2. The maximum atomic E-state index is 11.2. The van der Waals surface area contributed by atoms with Gasteiger partial charge < -0.3 is 5.32 Å². The van der Waals surface area contributed by atoms with E-state index in [0.29, 0.717) is 11.4 Å². The van der Waals surface area contributed by atoms with E-state index in [2.05, 4.69) is 5.32 Å². The lowest BCUT2D eigenvalue weighted by molar-refractivity contribution is -0.113. The number of carbonyl (C=O) groups is 1. The molecule has 0 atom stereocenters. The largest absolute Gasteiger partial charge is 0.325 e. The van der Waals surface area contributed by atoms with E-state index in [1.165, 1.54) is 5.01 Å². The first-order chi connectivity index (χ1) is 7.95. The molecule has 0 aliphatic rings. The highest BCUT2D eigenvalue weighted by atomic mass is 35.5. The molecule has 1 rings (SSSR count). The van der Waals surface area contributed by atoms with Gasteiger partial charge in [0.25, 0.3) is 0 Å². The Morgan fingerprint density at radius 3 is 2.65 bits per heavy atom. The van der Waals surface area contributed by atoms with Crippen molar-refractivity contribution in [1.82, 2.24) is 5.01 Å². The van der Waals surface area contributed by atoms with Crippen molar-refractivity contribution in [2.45, 2.75) is 6.92 Å². The first kappa shape index (κ1) is 13.8. The average molecular weight is 258 g/mol. The van der Waals surface area contributed by atoms with Crippen LogP contribution in [0.5, 0.6) is 0 Å². The number of nitrogens with one attached hydrogen (secondary N) is 1. The maximum Gasteiger partial charge on any atom is 0.239 e. The summed E-state index contributed by atoms with van der Waals surface area (Å²) in [4.78, 5) is 11.2. The van der Waals surface area contributed by atoms with Crippen LogP contribution in [0.4, 0.5) is 11.4 Å². The van der Waals surface area contributed by atoms with Gasteiger partial charge in [-0.2, -0.15) is 5.17 Å². The lowest BCUT2D eigenvalue weighted by atomic mass is 10.2. The molecular weight excluding hydrogens is 242 g/mol. The van der Waals surface area contributed by atoms with E-state index in [1.807, 2.05) is 13.0 Å². The molecule has 0 fully saturated rings. The molecule has 0 heterocycles. The van der Waals surface area contributed by atoms with Crippen molar-refractivity contribution in [3.05, 3.63) is 23.8 Å². The van der Waals surface area contributed by atoms with Crippen molar-refractivity contribution in [1.29, 1.82) is 0 Å². The molecule has 1 amide bonds. The summed E-state index contributed by atoms with van der Waals surface area (Å²) in [7, 11) is 3.42. The minimum atomic E-state index is -0.282. The van der Waals surface area contributed by atoms with Crippen molar-refractivity contribution in [2.75, 3.05) is 30.5 Å². The fraction of sp³-hybridized carbons (Fsp3) is 0.364. The van der Waals surface area contributed by atoms with Crippen LogP contribution in [0.2, 0.25) is 0 Å². The van der Waals surface area contributed by atoms with Gasteiger partial charge in [0.2, 0.25) is 5.91 Å². The molecule has 0 bridgehead atoms. The number of alkyl halides is 1. The van der Waals surface area contributed by atoms with Gasteiger partial charge in [-0.1, -0.05) is 6.07 Å². The first-order valence-electron chi connectivity index (χ1n) is 5.08. The van der Waals surface area contributed by atoms with Crippen molar-refractivity contribution in [3.63, 3.8) is 0 Å². The van der Waals surface area contributed by atoms with Crippen LogP contribution in [0.1, 0.15) is 5.56 Å². The van der Waals surface area contributed by atoms with Crippen molar-refractivity contribution >= 4 is 28.9 Å². The van der Waals surface area contributed by atoms with Gasteiger partial charge in [-0.3, -0.25) is 10.0 Å². The summed E-state index contributed by atoms with van der Waals surface area (Å²) in [5.41, 5.74) is 2.09. The Morgan fingerprint density at radius 1 is 1.47 bits per heavy atom. The molecule has 5 nitrogen and oxygen atoms in total. The number of hydrogen-bond donors (Lipinski definition) is 2. The summed E-state index contributed by atoms with van der Waals surface area (Å²) in [5.74, 6) is -0.379. The predicted molar refractivity (Wildman–Crippen MR) is 68.5 cm³/mol. The number of benzene rings is 1. The Balaban J connectivity index is 2.98. The van der Waals surface area contributed by atoms with E-state index in [4.69, 9.17) is 11.6 Å². The van der Waals surface area contributed by atoms with Crippen LogP contribution < -0.4 is 10.5 Å². The summed E-state index contributed by atoms with van der Waals surface area (Å²) in [6.45, 7) is 1.87. The smallest absolute Gasteiger partial charge is 0.239 e. The third-order valence-corrected chi connectivity index (χ3v) is 2.45. The molecule has 0 aromatic heterocycles. The van der Waals surface area contributed by atoms with Crippen molar-refractivity contribution in [3.8, 4) is 0 Å². The summed E-state index contributed by atoms with van der Waals surface area (Å²) < 4.78 is 0. The zero-order valence-electron chi connectivity index (χ0n) is 10.1. The Kier molecular flexibility index (Phi) is 4.74. The van der Waals surface area contributed by atoms with E-state index in [9.17, 15) is 10.0 Å². The Hall–Kier alpha value is -1.30. The third-order valence-electron chi connectivity index (χ3n) is 2.21. The minimum Gasteiger partial charge on any atom is -0.325 e.